The highest BCUT2D eigenvalue weighted by Gasteiger charge is 2.63. The summed E-state index contributed by atoms with van der Waals surface area (Å²) in [5.74, 6) is -1.06. The van der Waals surface area contributed by atoms with Crippen LogP contribution in [0.3, 0.4) is 0 Å². The highest BCUT2D eigenvalue weighted by atomic mass is 35.5. The number of carbonyl (C=O) groups excluding carboxylic acids is 1. The zero-order valence-electron chi connectivity index (χ0n) is 14.0. The third-order valence-corrected chi connectivity index (χ3v) is 4.32. The first-order chi connectivity index (χ1) is 12.0. The summed E-state index contributed by atoms with van der Waals surface area (Å²) in [6.45, 7) is 3.01. The van der Waals surface area contributed by atoms with Gasteiger partial charge in [0.25, 0.3) is 11.6 Å². The number of hydrogen-bond acceptors (Lipinski definition) is 4. The van der Waals surface area contributed by atoms with Crippen molar-refractivity contribution >= 4 is 34.8 Å². The molecule has 0 unspecified atom stereocenters. The Balaban J connectivity index is 2.26. The van der Waals surface area contributed by atoms with Crippen molar-refractivity contribution in [1.29, 1.82) is 0 Å². The molecule has 26 heavy (non-hydrogen) atoms. The molecule has 0 aromatic heterocycles. The molecule has 0 aliphatic carbocycles. The van der Waals surface area contributed by atoms with Gasteiger partial charge in [0, 0.05) is 17.2 Å². The molecule has 144 valence electrons. The molecular formula is C16H17Cl2F3N2O3. The summed E-state index contributed by atoms with van der Waals surface area (Å²) in [7, 11) is 0. The SMILES string of the molecule is CCCC1=NN(C(=O)[C@@H](C)Oc2ccc(Cl)cc2Cl)[C@@](O)(C(F)(F)F)C1. The first-order valence-electron chi connectivity index (χ1n) is 7.81. The van der Waals surface area contributed by atoms with Crippen LogP contribution in [-0.2, 0) is 4.79 Å². The van der Waals surface area contributed by atoms with Crippen molar-refractivity contribution in [1.82, 2.24) is 5.01 Å². The third kappa shape index (κ3) is 4.07. The Kier molecular flexibility index (Phi) is 6.09. The van der Waals surface area contributed by atoms with Crippen molar-refractivity contribution in [2.24, 2.45) is 5.10 Å². The van der Waals surface area contributed by atoms with Gasteiger partial charge in [-0.1, -0.05) is 36.5 Å². The van der Waals surface area contributed by atoms with Crippen LogP contribution in [0.1, 0.15) is 33.1 Å². The number of amides is 1. The van der Waals surface area contributed by atoms with Gasteiger partial charge in [-0.3, -0.25) is 4.79 Å². The lowest BCUT2D eigenvalue weighted by atomic mass is 10.0. The molecular weight excluding hydrogens is 396 g/mol. The molecule has 0 fully saturated rings. The van der Waals surface area contributed by atoms with Crippen LogP contribution in [0.4, 0.5) is 13.2 Å². The quantitative estimate of drug-likeness (QED) is 0.779. The lowest BCUT2D eigenvalue weighted by molar-refractivity contribution is -0.303. The van der Waals surface area contributed by atoms with Crippen molar-refractivity contribution in [2.45, 2.75) is 51.1 Å². The van der Waals surface area contributed by atoms with Crippen LogP contribution in [0.25, 0.3) is 0 Å². The minimum Gasteiger partial charge on any atom is -0.479 e. The number of ether oxygens (including phenoxy) is 1. The fourth-order valence-corrected chi connectivity index (χ4v) is 2.93. The van der Waals surface area contributed by atoms with Crippen LogP contribution in [0.5, 0.6) is 5.75 Å². The van der Waals surface area contributed by atoms with Gasteiger partial charge in [0.1, 0.15) is 5.75 Å². The Morgan fingerprint density at radius 3 is 2.65 bits per heavy atom. The second-order valence-electron chi connectivity index (χ2n) is 5.89. The predicted octanol–water partition coefficient (Wildman–Crippen LogP) is 4.40. The standard InChI is InChI=1S/C16H17Cl2F3N2O3/c1-3-4-11-8-15(25,16(19,20)21)23(22-11)14(24)9(2)26-13-6-5-10(17)7-12(13)18/h5-7,9,25H,3-4,8H2,1-2H3/t9-,15+/m1/s1. The molecule has 2 rings (SSSR count). The maximum Gasteiger partial charge on any atom is 0.438 e. The van der Waals surface area contributed by atoms with Gasteiger partial charge in [-0.2, -0.15) is 23.3 Å². The maximum absolute atomic E-state index is 13.4. The van der Waals surface area contributed by atoms with E-state index in [4.69, 9.17) is 27.9 Å². The van der Waals surface area contributed by atoms with Gasteiger partial charge >= 0.3 is 6.18 Å². The van der Waals surface area contributed by atoms with Gasteiger partial charge < -0.3 is 9.84 Å². The van der Waals surface area contributed by atoms with Crippen LogP contribution in [0.2, 0.25) is 10.0 Å². The lowest BCUT2D eigenvalue weighted by Crippen LogP contribution is -2.58. The molecule has 0 bridgehead atoms. The molecule has 1 aliphatic heterocycles. The number of hydrazone groups is 1. The number of halogens is 5. The first kappa shape index (κ1) is 20.8. The van der Waals surface area contributed by atoms with Gasteiger partial charge in [0.2, 0.25) is 0 Å². The Morgan fingerprint density at radius 1 is 1.46 bits per heavy atom. The van der Waals surface area contributed by atoms with Gasteiger partial charge in [-0.05, 0) is 31.5 Å². The number of hydrogen-bond donors (Lipinski definition) is 1. The topological polar surface area (TPSA) is 62.1 Å². The van der Waals surface area contributed by atoms with Crippen LogP contribution in [0.15, 0.2) is 23.3 Å². The molecule has 0 saturated heterocycles. The normalized spacial score (nSPS) is 21.5. The van der Waals surface area contributed by atoms with Crippen molar-refractivity contribution in [2.75, 3.05) is 0 Å². The van der Waals surface area contributed by atoms with Crippen molar-refractivity contribution < 1.29 is 27.8 Å². The summed E-state index contributed by atoms with van der Waals surface area (Å²) in [5, 5.41) is 14.3. The molecule has 10 heteroatoms. The summed E-state index contributed by atoms with van der Waals surface area (Å²) >= 11 is 11.7. The molecule has 5 nitrogen and oxygen atoms in total. The summed E-state index contributed by atoms with van der Waals surface area (Å²) < 4.78 is 45.5. The van der Waals surface area contributed by atoms with E-state index in [0.29, 0.717) is 11.4 Å². The number of carbonyl (C=O) groups is 1. The highest BCUT2D eigenvalue weighted by Crippen LogP contribution is 2.41. The van der Waals surface area contributed by atoms with Crippen molar-refractivity contribution in [3.63, 3.8) is 0 Å². The average molecular weight is 413 g/mol. The molecule has 2 atom stereocenters. The summed E-state index contributed by atoms with van der Waals surface area (Å²) in [6, 6.07) is 4.22. The van der Waals surface area contributed by atoms with E-state index in [1.165, 1.54) is 25.1 Å². The van der Waals surface area contributed by atoms with Crippen molar-refractivity contribution in [3.8, 4) is 5.75 Å². The van der Waals surface area contributed by atoms with E-state index >= 15 is 0 Å². The molecule has 0 saturated carbocycles. The van der Waals surface area contributed by atoms with Gasteiger partial charge in [0.05, 0.1) is 5.02 Å². The zero-order valence-corrected chi connectivity index (χ0v) is 15.5. The van der Waals surface area contributed by atoms with E-state index < -0.39 is 30.3 Å². The zero-order chi connectivity index (χ0) is 19.7. The smallest absolute Gasteiger partial charge is 0.438 e. The van der Waals surface area contributed by atoms with Crippen LogP contribution in [-0.4, -0.2) is 39.7 Å². The number of benzene rings is 1. The molecule has 1 aromatic carbocycles. The molecule has 0 spiro atoms. The van der Waals surface area contributed by atoms with E-state index in [9.17, 15) is 23.1 Å². The van der Waals surface area contributed by atoms with Gasteiger partial charge in [0.15, 0.2) is 6.10 Å². The Hall–Kier alpha value is -1.51. The van der Waals surface area contributed by atoms with Gasteiger partial charge in [-0.15, -0.1) is 0 Å². The molecule has 1 aliphatic rings. The largest absolute Gasteiger partial charge is 0.479 e. The molecule has 1 heterocycles. The molecule has 1 N–H and O–H groups in total. The highest BCUT2D eigenvalue weighted by molar-refractivity contribution is 6.35. The Morgan fingerprint density at radius 2 is 2.12 bits per heavy atom. The summed E-state index contributed by atoms with van der Waals surface area (Å²) in [6.07, 6.45) is -6.46. The summed E-state index contributed by atoms with van der Waals surface area (Å²) in [5.41, 5.74) is -3.30. The third-order valence-electron chi connectivity index (χ3n) is 3.79. The van der Waals surface area contributed by atoms with Crippen LogP contribution in [0, 0.1) is 0 Å². The van der Waals surface area contributed by atoms with E-state index in [1.807, 2.05) is 0 Å². The number of nitrogens with zero attached hydrogens (tertiary/aromatic N) is 2. The van der Waals surface area contributed by atoms with Crippen LogP contribution < -0.4 is 4.74 Å². The number of aliphatic hydroxyl groups is 1. The molecule has 0 radical (unpaired) electrons. The predicted molar refractivity (Wildman–Crippen MR) is 91.4 cm³/mol. The van der Waals surface area contributed by atoms with Gasteiger partial charge in [-0.25, -0.2) is 0 Å². The maximum atomic E-state index is 13.4. The Bertz CT molecular complexity index is 727. The van der Waals surface area contributed by atoms with E-state index in [2.05, 4.69) is 5.10 Å². The fourth-order valence-electron chi connectivity index (χ4n) is 2.48. The lowest BCUT2D eigenvalue weighted by Gasteiger charge is -2.33. The van der Waals surface area contributed by atoms with E-state index in [-0.39, 0.29) is 27.9 Å². The van der Waals surface area contributed by atoms with E-state index in [0.717, 1.165) is 0 Å². The fraction of sp³-hybridized carbons (Fsp3) is 0.500. The minimum atomic E-state index is -5.07. The second kappa shape index (κ2) is 7.62. The van der Waals surface area contributed by atoms with E-state index in [1.54, 1.807) is 6.92 Å². The Labute approximate surface area is 158 Å². The first-order valence-corrected chi connectivity index (χ1v) is 8.56. The molecule has 1 aromatic rings. The number of rotatable bonds is 5. The minimum absolute atomic E-state index is 0.0620. The summed E-state index contributed by atoms with van der Waals surface area (Å²) in [4.78, 5) is 12.5. The molecule has 1 amide bonds. The van der Waals surface area contributed by atoms with Crippen molar-refractivity contribution in [3.05, 3.63) is 28.2 Å². The monoisotopic (exact) mass is 412 g/mol. The average Bonchev–Trinajstić information content (AvgIpc) is 2.87. The second-order valence-corrected chi connectivity index (χ2v) is 6.74. The number of alkyl halides is 3. The van der Waals surface area contributed by atoms with Crippen LogP contribution >= 0.6 is 23.2 Å².